The molecule has 3 rings (SSSR count). The van der Waals surface area contributed by atoms with Crippen molar-refractivity contribution in [3.8, 4) is 0 Å². The summed E-state index contributed by atoms with van der Waals surface area (Å²) in [4.78, 5) is 16.4. The predicted molar refractivity (Wildman–Crippen MR) is 94.4 cm³/mol. The van der Waals surface area contributed by atoms with Gasteiger partial charge in [-0.2, -0.15) is 18.3 Å². The zero-order chi connectivity index (χ0) is 19.6. The first-order valence-electron chi connectivity index (χ1n) is 7.80. The van der Waals surface area contributed by atoms with E-state index in [4.69, 9.17) is 4.74 Å². The van der Waals surface area contributed by atoms with Gasteiger partial charge in [0.2, 0.25) is 0 Å². The molecule has 0 aliphatic carbocycles. The third-order valence-corrected chi connectivity index (χ3v) is 4.74. The number of nitrogens with one attached hydrogen (secondary N) is 2. The topological polar surface area (TPSA) is 81.1 Å². The van der Waals surface area contributed by atoms with E-state index in [9.17, 15) is 18.0 Å². The maximum absolute atomic E-state index is 13.0. The number of ether oxygens (including phenoxy) is 1. The Morgan fingerprint density at radius 2 is 2.15 bits per heavy atom. The van der Waals surface area contributed by atoms with Crippen LogP contribution >= 0.6 is 11.3 Å². The van der Waals surface area contributed by atoms with E-state index in [0.29, 0.717) is 17.3 Å². The van der Waals surface area contributed by atoms with E-state index in [-0.39, 0.29) is 12.2 Å². The molecule has 0 atom stereocenters. The molecule has 0 saturated carbocycles. The number of methoxy groups -OCH3 is 1. The van der Waals surface area contributed by atoms with Crippen molar-refractivity contribution in [1.82, 2.24) is 20.1 Å². The molecule has 2 amide bonds. The van der Waals surface area contributed by atoms with Gasteiger partial charge in [0.1, 0.15) is 0 Å². The quantitative estimate of drug-likeness (QED) is 0.688. The summed E-state index contributed by atoms with van der Waals surface area (Å²) in [7, 11) is 2.96. The number of carbonyl (C=O) groups is 1. The Morgan fingerprint density at radius 1 is 1.37 bits per heavy atom. The number of hydrogen-bond acceptors (Lipinski definition) is 5. The van der Waals surface area contributed by atoms with Crippen molar-refractivity contribution >= 4 is 32.7 Å². The second kappa shape index (κ2) is 7.53. The molecular formula is C16H16F3N5O2S. The molecule has 0 unspecified atom stereocenters. The molecule has 11 heteroatoms. The number of anilines is 1. The highest BCUT2D eigenvalue weighted by Crippen LogP contribution is 2.32. The van der Waals surface area contributed by atoms with Crippen LogP contribution < -0.4 is 10.6 Å². The molecule has 7 nitrogen and oxygen atoms in total. The van der Waals surface area contributed by atoms with Crippen LogP contribution in [-0.4, -0.2) is 27.9 Å². The molecule has 2 heterocycles. The maximum Gasteiger partial charge on any atom is 0.419 e. The first-order valence-corrected chi connectivity index (χ1v) is 8.61. The van der Waals surface area contributed by atoms with E-state index in [1.165, 1.54) is 18.4 Å². The summed E-state index contributed by atoms with van der Waals surface area (Å²) in [5.41, 5.74) is 0.578. The Balaban J connectivity index is 1.70. The van der Waals surface area contributed by atoms with Gasteiger partial charge in [-0.3, -0.25) is 10.00 Å². The van der Waals surface area contributed by atoms with Gasteiger partial charge >= 0.3 is 12.2 Å². The Kier molecular flexibility index (Phi) is 5.33. The van der Waals surface area contributed by atoms with Gasteiger partial charge in [0, 0.05) is 19.7 Å². The number of fused-ring (bicyclic) bond motifs is 1. The van der Waals surface area contributed by atoms with Crippen molar-refractivity contribution in [3.63, 3.8) is 0 Å². The highest BCUT2D eigenvalue weighted by molar-refractivity contribution is 7.22. The number of nitrogens with zero attached hydrogens (tertiary/aromatic N) is 3. The average Bonchev–Trinajstić information content (AvgIpc) is 3.16. The summed E-state index contributed by atoms with van der Waals surface area (Å²) < 4.78 is 45.9. The van der Waals surface area contributed by atoms with Gasteiger partial charge in [0.25, 0.3) is 0 Å². The first-order chi connectivity index (χ1) is 12.8. The van der Waals surface area contributed by atoms with Crippen LogP contribution in [0.1, 0.15) is 16.8 Å². The minimum absolute atomic E-state index is 0.135. The van der Waals surface area contributed by atoms with E-state index in [1.807, 2.05) is 18.2 Å². The van der Waals surface area contributed by atoms with Crippen LogP contribution in [-0.2, 0) is 31.1 Å². The maximum atomic E-state index is 13.0. The lowest BCUT2D eigenvalue weighted by atomic mass is 10.2. The third-order valence-electron chi connectivity index (χ3n) is 3.81. The number of halogens is 3. The Bertz CT molecular complexity index is 967. The number of urea groups is 1. The summed E-state index contributed by atoms with van der Waals surface area (Å²) in [6.07, 6.45) is -3.80. The van der Waals surface area contributed by atoms with Crippen molar-refractivity contribution in [3.05, 3.63) is 41.2 Å². The Morgan fingerprint density at radius 3 is 2.85 bits per heavy atom. The van der Waals surface area contributed by atoms with Crippen molar-refractivity contribution in [2.75, 3.05) is 12.4 Å². The highest BCUT2D eigenvalue weighted by atomic mass is 32.1. The minimum Gasteiger partial charge on any atom is -0.380 e. The lowest BCUT2D eigenvalue weighted by molar-refractivity contribution is -0.138. The number of amides is 2. The van der Waals surface area contributed by atoms with Crippen LogP contribution in [0.2, 0.25) is 0 Å². The third kappa shape index (κ3) is 4.19. The molecule has 0 saturated heterocycles. The highest BCUT2D eigenvalue weighted by Gasteiger charge is 2.35. The number of thiazole rings is 1. The van der Waals surface area contributed by atoms with Gasteiger partial charge in [-0.15, -0.1) is 0 Å². The molecule has 27 heavy (non-hydrogen) atoms. The van der Waals surface area contributed by atoms with Gasteiger partial charge in [-0.25, -0.2) is 9.78 Å². The van der Waals surface area contributed by atoms with Crippen LogP contribution in [0.25, 0.3) is 10.2 Å². The zero-order valence-electron chi connectivity index (χ0n) is 14.4. The molecule has 0 radical (unpaired) electrons. The lowest BCUT2D eigenvalue weighted by Gasteiger charge is -2.10. The SMILES string of the molecule is COCc1cccc2sc(NC(=O)NCc3c(C(F)(F)F)cnn3C)nc12. The van der Waals surface area contributed by atoms with Crippen LogP contribution in [0.15, 0.2) is 24.4 Å². The lowest BCUT2D eigenvalue weighted by Crippen LogP contribution is -2.29. The monoisotopic (exact) mass is 399 g/mol. The molecule has 2 N–H and O–H groups in total. The molecule has 0 aliphatic heterocycles. The van der Waals surface area contributed by atoms with Gasteiger partial charge in [-0.1, -0.05) is 23.5 Å². The standard InChI is InChI=1S/C16H16F3N5O2S/c1-24-11(10(6-21-24)16(17,18)19)7-20-14(25)23-15-22-13-9(8-26-2)4-3-5-12(13)27-15/h3-6H,7-8H2,1-2H3,(H2,20,22,23,25). The summed E-state index contributed by atoms with van der Waals surface area (Å²) in [5, 5.41) is 8.89. The van der Waals surface area contributed by atoms with E-state index in [2.05, 4.69) is 20.7 Å². The molecule has 3 aromatic rings. The second-order valence-corrected chi connectivity index (χ2v) is 6.68. The van der Waals surface area contributed by atoms with Crippen molar-refractivity contribution in [1.29, 1.82) is 0 Å². The number of alkyl halides is 3. The molecule has 0 spiro atoms. The number of hydrogen-bond donors (Lipinski definition) is 2. The van der Waals surface area contributed by atoms with Crippen LogP contribution in [0, 0.1) is 0 Å². The fourth-order valence-corrected chi connectivity index (χ4v) is 3.45. The van der Waals surface area contributed by atoms with Crippen molar-refractivity contribution in [2.45, 2.75) is 19.3 Å². The molecule has 1 aromatic carbocycles. The zero-order valence-corrected chi connectivity index (χ0v) is 15.2. The van der Waals surface area contributed by atoms with Gasteiger partial charge < -0.3 is 10.1 Å². The molecule has 2 aromatic heterocycles. The largest absolute Gasteiger partial charge is 0.419 e. The van der Waals surface area contributed by atoms with Crippen LogP contribution in [0.4, 0.5) is 23.1 Å². The first kappa shape index (κ1) is 19.1. The van der Waals surface area contributed by atoms with Crippen LogP contribution in [0.3, 0.4) is 0 Å². The summed E-state index contributed by atoms with van der Waals surface area (Å²) in [5.74, 6) is 0. The number of rotatable bonds is 5. The van der Waals surface area contributed by atoms with Crippen LogP contribution in [0.5, 0.6) is 0 Å². The number of carbonyl (C=O) groups excluding carboxylic acids is 1. The van der Waals surface area contributed by atoms with Gasteiger partial charge in [-0.05, 0) is 6.07 Å². The van der Waals surface area contributed by atoms with E-state index >= 15 is 0 Å². The molecule has 0 fully saturated rings. The van der Waals surface area contributed by atoms with E-state index in [0.717, 1.165) is 21.1 Å². The summed E-state index contributed by atoms with van der Waals surface area (Å²) in [6, 6.07) is 4.94. The number of benzene rings is 1. The normalized spacial score (nSPS) is 11.7. The average molecular weight is 399 g/mol. The van der Waals surface area contributed by atoms with Crippen molar-refractivity contribution < 1.29 is 22.7 Å². The van der Waals surface area contributed by atoms with E-state index in [1.54, 1.807) is 7.11 Å². The van der Waals surface area contributed by atoms with E-state index < -0.39 is 17.8 Å². The fourth-order valence-electron chi connectivity index (χ4n) is 2.55. The Labute approximate surface area is 156 Å². The number of aromatic nitrogens is 3. The predicted octanol–water partition coefficient (Wildman–Crippen LogP) is 3.52. The van der Waals surface area contributed by atoms with Gasteiger partial charge in [0.05, 0.1) is 40.8 Å². The van der Waals surface area contributed by atoms with Crippen molar-refractivity contribution in [2.24, 2.45) is 7.05 Å². The minimum atomic E-state index is -4.54. The Hall–Kier alpha value is -2.66. The molecular weight excluding hydrogens is 383 g/mol. The summed E-state index contributed by atoms with van der Waals surface area (Å²) >= 11 is 1.26. The molecule has 0 bridgehead atoms. The molecule has 144 valence electrons. The summed E-state index contributed by atoms with van der Waals surface area (Å²) in [6.45, 7) is 0.0599. The number of aryl methyl sites for hydroxylation is 1. The number of para-hydroxylation sites is 1. The smallest absolute Gasteiger partial charge is 0.380 e. The second-order valence-electron chi connectivity index (χ2n) is 5.65. The molecule has 0 aliphatic rings. The fraction of sp³-hybridized carbons (Fsp3) is 0.312. The van der Waals surface area contributed by atoms with Gasteiger partial charge in [0.15, 0.2) is 5.13 Å².